The Morgan fingerprint density at radius 1 is 1.13 bits per heavy atom. The van der Waals surface area contributed by atoms with Crippen LogP contribution in [0.1, 0.15) is 10.4 Å². The van der Waals surface area contributed by atoms with E-state index in [4.69, 9.17) is 4.74 Å². The molecule has 0 heterocycles. The summed E-state index contributed by atoms with van der Waals surface area (Å²) in [6, 6.07) is 8.97. The summed E-state index contributed by atoms with van der Waals surface area (Å²) in [5.74, 6) is -1.22. The van der Waals surface area contributed by atoms with Crippen molar-refractivity contribution in [3.05, 3.63) is 53.8 Å². The molecule has 0 aliphatic carbocycles. The van der Waals surface area contributed by atoms with E-state index in [2.05, 4.69) is 9.46 Å². The van der Waals surface area contributed by atoms with Gasteiger partial charge in [-0.05, 0) is 30.3 Å². The lowest BCUT2D eigenvalue weighted by molar-refractivity contribution is 0.0596. The van der Waals surface area contributed by atoms with Crippen LogP contribution in [0.5, 0.6) is 5.75 Å². The number of carbonyl (C=O) groups is 1. The van der Waals surface area contributed by atoms with Crippen molar-refractivity contribution in [1.82, 2.24) is 0 Å². The summed E-state index contributed by atoms with van der Waals surface area (Å²) in [6.07, 6.45) is 0. The normalized spacial score (nSPS) is 10.9. The van der Waals surface area contributed by atoms with Crippen LogP contribution in [0, 0.1) is 5.82 Å². The Labute approximate surface area is 132 Å². The Hall–Kier alpha value is -2.61. The van der Waals surface area contributed by atoms with Crippen molar-refractivity contribution in [3.63, 3.8) is 0 Å². The van der Waals surface area contributed by atoms with E-state index in [1.54, 1.807) is 12.1 Å². The number of anilines is 1. The number of halogens is 1. The number of rotatable bonds is 5. The second-order valence-corrected chi connectivity index (χ2v) is 6.12. The first-order valence-electron chi connectivity index (χ1n) is 6.42. The molecule has 2 aromatic rings. The van der Waals surface area contributed by atoms with Gasteiger partial charge in [0.1, 0.15) is 16.5 Å². The van der Waals surface area contributed by atoms with Crippen LogP contribution in [-0.4, -0.2) is 28.6 Å². The average molecular weight is 339 g/mol. The van der Waals surface area contributed by atoms with Crippen LogP contribution in [0.2, 0.25) is 0 Å². The van der Waals surface area contributed by atoms with Gasteiger partial charge in [-0.1, -0.05) is 6.07 Å². The van der Waals surface area contributed by atoms with Gasteiger partial charge in [0, 0.05) is 6.07 Å². The fourth-order valence-electron chi connectivity index (χ4n) is 1.89. The Kier molecular flexibility index (Phi) is 4.85. The smallest absolute Gasteiger partial charge is 0.339 e. The highest BCUT2D eigenvalue weighted by Gasteiger charge is 2.24. The monoisotopic (exact) mass is 339 g/mol. The molecule has 23 heavy (non-hydrogen) atoms. The van der Waals surface area contributed by atoms with E-state index in [1.807, 2.05) is 0 Å². The van der Waals surface area contributed by atoms with Crippen molar-refractivity contribution in [1.29, 1.82) is 0 Å². The van der Waals surface area contributed by atoms with E-state index >= 15 is 0 Å². The number of ether oxygens (including phenoxy) is 2. The Balaban J connectivity index is 2.46. The van der Waals surface area contributed by atoms with E-state index in [-0.39, 0.29) is 11.3 Å². The quantitative estimate of drug-likeness (QED) is 0.846. The lowest BCUT2D eigenvalue weighted by Crippen LogP contribution is -2.18. The standard InChI is InChI=1S/C15H14FNO5S/c1-21-12-5-3-4-11(9-12)17-23(19,20)14-8-10(16)6-7-13(14)15(18)22-2/h3-9,17H,1-2H3. The molecular weight excluding hydrogens is 325 g/mol. The largest absolute Gasteiger partial charge is 0.497 e. The van der Waals surface area contributed by atoms with Crippen LogP contribution < -0.4 is 9.46 Å². The highest BCUT2D eigenvalue weighted by molar-refractivity contribution is 7.92. The summed E-state index contributed by atoms with van der Waals surface area (Å²) >= 11 is 0. The van der Waals surface area contributed by atoms with Gasteiger partial charge in [0.2, 0.25) is 0 Å². The third-order valence-electron chi connectivity index (χ3n) is 2.96. The van der Waals surface area contributed by atoms with Crippen molar-refractivity contribution in [3.8, 4) is 5.75 Å². The first kappa shape index (κ1) is 16.8. The molecule has 0 radical (unpaired) electrons. The van der Waals surface area contributed by atoms with E-state index < -0.39 is 26.7 Å². The van der Waals surface area contributed by atoms with Crippen LogP contribution in [0.3, 0.4) is 0 Å². The van der Waals surface area contributed by atoms with Crippen molar-refractivity contribution in [2.75, 3.05) is 18.9 Å². The summed E-state index contributed by atoms with van der Waals surface area (Å²) in [4.78, 5) is 11.2. The maximum atomic E-state index is 13.4. The Morgan fingerprint density at radius 3 is 2.52 bits per heavy atom. The number of esters is 1. The predicted molar refractivity (Wildman–Crippen MR) is 81.5 cm³/mol. The second kappa shape index (κ2) is 6.66. The zero-order valence-electron chi connectivity index (χ0n) is 12.4. The van der Waals surface area contributed by atoms with Gasteiger partial charge in [-0.3, -0.25) is 4.72 Å². The minimum Gasteiger partial charge on any atom is -0.497 e. The van der Waals surface area contributed by atoms with Crippen LogP contribution in [0.25, 0.3) is 0 Å². The summed E-state index contributed by atoms with van der Waals surface area (Å²) in [7, 11) is -1.64. The van der Waals surface area contributed by atoms with Gasteiger partial charge in [-0.2, -0.15) is 0 Å². The van der Waals surface area contributed by atoms with E-state index in [9.17, 15) is 17.6 Å². The minimum atomic E-state index is -4.19. The summed E-state index contributed by atoms with van der Waals surface area (Å²) < 4.78 is 50.2. The highest BCUT2D eigenvalue weighted by Crippen LogP contribution is 2.23. The molecule has 122 valence electrons. The van der Waals surface area contributed by atoms with Crippen molar-refractivity contribution in [2.45, 2.75) is 4.90 Å². The topological polar surface area (TPSA) is 81.7 Å². The molecule has 2 rings (SSSR count). The minimum absolute atomic E-state index is 0.212. The van der Waals surface area contributed by atoms with Crippen molar-refractivity contribution in [2.24, 2.45) is 0 Å². The fraction of sp³-hybridized carbons (Fsp3) is 0.133. The molecule has 2 aromatic carbocycles. The average Bonchev–Trinajstić information content (AvgIpc) is 2.53. The van der Waals surface area contributed by atoms with Gasteiger partial charge in [-0.25, -0.2) is 17.6 Å². The SMILES string of the molecule is COC(=O)c1ccc(F)cc1S(=O)(=O)Nc1cccc(OC)c1. The molecule has 0 fully saturated rings. The van der Waals surface area contributed by atoms with Crippen LogP contribution in [-0.2, 0) is 14.8 Å². The van der Waals surface area contributed by atoms with Gasteiger partial charge >= 0.3 is 5.97 Å². The predicted octanol–water partition coefficient (Wildman–Crippen LogP) is 2.42. The van der Waals surface area contributed by atoms with Crippen LogP contribution in [0.15, 0.2) is 47.4 Å². The number of carbonyl (C=O) groups excluding carboxylic acids is 1. The van der Waals surface area contributed by atoms with E-state index in [0.29, 0.717) is 5.75 Å². The lowest BCUT2D eigenvalue weighted by Gasteiger charge is -2.12. The third kappa shape index (κ3) is 3.78. The molecule has 0 aromatic heterocycles. The number of hydrogen-bond acceptors (Lipinski definition) is 5. The number of hydrogen-bond donors (Lipinski definition) is 1. The maximum Gasteiger partial charge on any atom is 0.339 e. The first-order chi connectivity index (χ1) is 10.9. The molecule has 0 unspecified atom stereocenters. The molecule has 0 amide bonds. The summed E-state index contributed by atoms with van der Waals surface area (Å²) in [5.41, 5.74) is -0.0475. The molecule has 0 saturated heterocycles. The van der Waals surface area contributed by atoms with E-state index in [0.717, 1.165) is 25.3 Å². The molecule has 0 spiro atoms. The first-order valence-corrected chi connectivity index (χ1v) is 7.90. The van der Waals surface area contributed by atoms with Crippen molar-refractivity contribution >= 4 is 21.7 Å². The number of sulfonamides is 1. The molecule has 8 heteroatoms. The lowest BCUT2D eigenvalue weighted by atomic mass is 10.2. The highest BCUT2D eigenvalue weighted by atomic mass is 32.2. The summed E-state index contributed by atoms with van der Waals surface area (Å²) in [5, 5.41) is 0. The van der Waals surface area contributed by atoms with Crippen molar-refractivity contribution < 1.29 is 27.1 Å². The van der Waals surface area contributed by atoms with Gasteiger partial charge in [0.15, 0.2) is 0 Å². The molecular formula is C15H14FNO5S. The number of methoxy groups -OCH3 is 2. The molecule has 0 aliphatic heterocycles. The summed E-state index contributed by atoms with van der Waals surface area (Å²) in [6.45, 7) is 0. The zero-order valence-corrected chi connectivity index (χ0v) is 13.2. The molecule has 0 atom stereocenters. The number of benzene rings is 2. The molecule has 0 bridgehead atoms. The fourth-order valence-corrected chi connectivity index (χ4v) is 3.15. The maximum absolute atomic E-state index is 13.4. The Morgan fingerprint density at radius 2 is 1.87 bits per heavy atom. The molecule has 6 nitrogen and oxygen atoms in total. The van der Waals surface area contributed by atoms with Gasteiger partial charge in [-0.15, -0.1) is 0 Å². The Bertz CT molecular complexity index is 836. The molecule has 1 N–H and O–H groups in total. The molecule has 0 aliphatic rings. The van der Waals surface area contributed by atoms with Crippen LogP contribution >= 0.6 is 0 Å². The zero-order chi connectivity index (χ0) is 17.0. The third-order valence-corrected chi connectivity index (χ3v) is 4.38. The van der Waals surface area contributed by atoms with E-state index in [1.165, 1.54) is 19.2 Å². The van der Waals surface area contributed by atoms with Gasteiger partial charge in [0.25, 0.3) is 10.0 Å². The molecule has 0 saturated carbocycles. The second-order valence-electron chi connectivity index (χ2n) is 4.47. The van der Waals surface area contributed by atoms with Gasteiger partial charge in [0.05, 0.1) is 25.5 Å². The van der Waals surface area contributed by atoms with Crippen LogP contribution in [0.4, 0.5) is 10.1 Å². The number of nitrogens with one attached hydrogen (secondary N) is 1. The van der Waals surface area contributed by atoms with Gasteiger partial charge < -0.3 is 9.47 Å².